The molecule has 1 aromatic carbocycles. The number of piperidine rings is 1. The Hall–Kier alpha value is -2.46. The first-order valence-corrected chi connectivity index (χ1v) is 12.1. The second-order valence-electron chi connectivity index (χ2n) is 9.36. The molecule has 36 heavy (non-hydrogen) atoms. The van der Waals surface area contributed by atoms with E-state index in [4.69, 9.17) is 9.47 Å². The van der Waals surface area contributed by atoms with Crippen molar-refractivity contribution in [2.24, 2.45) is 0 Å². The van der Waals surface area contributed by atoms with Crippen molar-refractivity contribution in [3.63, 3.8) is 0 Å². The molecule has 0 radical (unpaired) electrons. The summed E-state index contributed by atoms with van der Waals surface area (Å²) < 4.78 is 27.3. The average Bonchev–Trinajstić information content (AvgIpc) is 2.87. The summed E-state index contributed by atoms with van der Waals surface area (Å²) in [6.45, 7) is 4.41. The molecule has 0 bridgehead atoms. The molecule has 194 valence electrons. The van der Waals surface area contributed by atoms with Crippen LogP contribution in [0.2, 0.25) is 0 Å². The van der Waals surface area contributed by atoms with Crippen LogP contribution in [-0.4, -0.2) is 58.6 Å². The van der Waals surface area contributed by atoms with Crippen LogP contribution >= 0.6 is 24.8 Å². The van der Waals surface area contributed by atoms with Gasteiger partial charge in [-0.3, -0.25) is 4.79 Å². The molecular formula is C25H30Cl2FN5O3. The molecule has 2 aromatic heterocycles. The molecule has 6 rings (SSSR count). The summed E-state index contributed by atoms with van der Waals surface area (Å²) in [6.07, 6.45) is 3.50. The Bertz CT molecular complexity index is 1280. The highest BCUT2D eigenvalue weighted by Gasteiger charge is 2.28. The Morgan fingerprint density at radius 1 is 1.03 bits per heavy atom. The van der Waals surface area contributed by atoms with E-state index in [1.807, 2.05) is 16.7 Å². The number of benzene rings is 1. The van der Waals surface area contributed by atoms with Gasteiger partial charge in [-0.15, -0.1) is 29.9 Å². The van der Waals surface area contributed by atoms with Gasteiger partial charge in [0, 0.05) is 36.8 Å². The lowest BCUT2D eigenvalue weighted by atomic mass is 9.95. The first-order valence-electron chi connectivity index (χ1n) is 12.1. The van der Waals surface area contributed by atoms with Gasteiger partial charge in [-0.2, -0.15) is 5.10 Å². The van der Waals surface area contributed by atoms with Crippen molar-refractivity contribution >= 4 is 35.7 Å². The number of aromatic nitrogens is 3. The lowest BCUT2D eigenvalue weighted by Gasteiger charge is -2.37. The zero-order chi connectivity index (χ0) is 23.1. The zero-order valence-electron chi connectivity index (χ0n) is 19.8. The normalized spacial score (nSPS) is 19.4. The lowest BCUT2D eigenvalue weighted by molar-refractivity contribution is 0.161. The summed E-state index contributed by atoms with van der Waals surface area (Å²) >= 11 is 0. The highest BCUT2D eigenvalue weighted by molar-refractivity contribution is 5.85. The minimum absolute atomic E-state index is 0. The van der Waals surface area contributed by atoms with Gasteiger partial charge in [0.25, 0.3) is 11.4 Å². The molecule has 5 heterocycles. The number of rotatable bonds is 5. The number of nitrogens with zero attached hydrogens (tertiary/aromatic N) is 4. The number of pyridine rings is 1. The molecule has 0 aliphatic carbocycles. The molecule has 1 fully saturated rings. The maximum atomic E-state index is 14.4. The van der Waals surface area contributed by atoms with Crippen molar-refractivity contribution in [1.82, 2.24) is 25.0 Å². The maximum absolute atomic E-state index is 14.4. The molecule has 3 aromatic rings. The van der Waals surface area contributed by atoms with Crippen LogP contribution < -0.4 is 20.3 Å². The fourth-order valence-electron chi connectivity index (χ4n) is 5.46. The van der Waals surface area contributed by atoms with Crippen molar-refractivity contribution in [2.45, 2.75) is 44.3 Å². The van der Waals surface area contributed by atoms with Crippen LogP contribution in [0.25, 0.3) is 10.9 Å². The fourth-order valence-corrected chi connectivity index (χ4v) is 5.46. The van der Waals surface area contributed by atoms with E-state index in [2.05, 4.69) is 20.4 Å². The number of aryl methyl sites for hydroxylation is 1. The summed E-state index contributed by atoms with van der Waals surface area (Å²) in [5.41, 5.74) is 2.26. The third kappa shape index (κ3) is 5.16. The molecule has 3 aliphatic rings. The van der Waals surface area contributed by atoms with Crippen LogP contribution in [0.4, 0.5) is 4.39 Å². The summed E-state index contributed by atoms with van der Waals surface area (Å²) in [7, 11) is 0. The van der Waals surface area contributed by atoms with E-state index in [-0.39, 0.29) is 42.2 Å². The van der Waals surface area contributed by atoms with Crippen LogP contribution in [-0.2, 0) is 13.0 Å². The van der Waals surface area contributed by atoms with Gasteiger partial charge in [0.15, 0.2) is 5.75 Å². The maximum Gasteiger partial charge on any atom is 0.276 e. The van der Waals surface area contributed by atoms with E-state index < -0.39 is 0 Å². The van der Waals surface area contributed by atoms with E-state index >= 15 is 0 Å². The Morgan fingerprint density at radius 2 is 1.81 bits per heavy atom. The second-order valence-corrected chi connectivity index (χ2v) is 9.36. The topological polar surface area (TPSA) is 81.5 Å². The van der Waals surface area contributed by atoms with Crippen molar-refractivity contribution in [3.8, 4) is 11.6 Å². The number of hydrogen-bond donors (Lipinski definition) is 1. The van der Waals surface area contributed by atoms with Gasteiger partial charge < -0.3 is 24.3 Å². The third-order valence-corrected chi connectivity index (χ3v) is 7.22. The lowest BCUT2D eigenvalue weighted by Crippen LogP contribution is -2.45. The fraction of sp³-hybridized carbons (Fsp3) is 0.480. The minimum atomic E-state index is -0.208. The summed E-state index contributed by atoms with van der Waals surface area (Å²) in [5.74, 6) is 0.915. The molecule has 1 saturated heterocycles. The number of likely N-dealkylation sites (tertiary alicyclic amines) is 1. The van der Waals surface area contributed by atoms with E-state index in [0.717, 1.165) is 55.5 Å². The summed E-state index contributed by atoms with van der Waals surface area (Å²) in [6, 6.07) is 9.08. The Morgan fingerprint density at radius 3 is 2.64 bits per heavy atom. The monoisotopic (exact) mass is 537 g/mol. The molecule has 1 N–H and O–H groups in total. The molecule has 0 spiro atoms. The van der Waals surface area contributed by atoms with Gasteiger partial charge in [-0.25, -0.2) is 4.39 Å². The van der Waals surface area contributed by atoms with Crippen molar-refractivity contribution < 1.29 is 13.9 Å². The Labute approximate surface area is 221 Å². The van der Waals surface area contributed by atoms with Gasteiger partial charge in [-0.05, 0) is 62.4 Å². The van der Waals surface area contributed by atoms with Crippen LogP contribution in [0, 0.1) is 5.82 Å². The summed E-state index contributed by atoms with van der Waals surface area (Å²) in [5, 5.41) is 12.9. The molecule has 1 atom stereocenters. The summed E-state index contributed by atoms with van der Waals surface area (Å²) in [4.78, 5) is 15.2. The van der Waals surface area contributed by atoms with Gasteiger partial charge in [0.1, 0.15) is 19.0 Å². The van der Waals surface area contributed by atoms with E-state index in [9.17, 15) is 9.18 Å². The van der Waals surface area contributed by atoms with Crippen LogP contribution in [0.5, 0.6) is 11.6 Å². The molecule has 1 unspecified atom stereocenters. The molecule has 0 saturated carbocycles. The van der Waals surface area contributed by atoms with E-state index in [1.54, 1.807) is 12.1 Å². The highest BCUT2D eigenvalue weighted by atomic mass is 35.5. The minimum Gasteiger partial charge on any atom is -0.484 e. The predicted octanol–water partition coefficient (Wildman–Crippen LogP) is 3.29. The molecule has 11 heteroatoms. The van der Waals surface area contributed by atoms with Crippen LogP contribution in [0.3, 0.4) is 0 Å². The van der Waals surface area contributed by atoms with E-state index in [1.165, 1.54) is 6.07 Å². The number of ether oxygens (including phenoxy) is 2. The number of fused-ring (bicyclic) bond motifs is 1. The standard InChI is InChI=1S/C25H28FN5O3.2ClH/c26-21-5-1-16-2-6-23(32)31-19(3-4-20(21)24(16)31)15-30-9-7-17(8-10-30)27-14-18-13-22-25(29-28-18)34-12-11-33-22;;/h1-2,5-6,13,17,19,27H,3-4,7-12,14-15H2;2*1H. The first-order chi connectivity index (χ1) is 16.7. The van der Waals surface area contributed by atoms with Crippen molar-refractivity contribution in [1.29, 1.82) is 0 Å². The number of halogens is 3. The van der Waals surface area contributed by atoms with Crippen molar-refractivity contribution in [2.75, 3.05) is 32.8 Å². The highest BCUT2D eigenvalue weighted by Crippen LogP contribution is 2.32. The number of hydrogen-bond acceptors (Lipinski definition) is 7. The first kappa shape index (κ1) is 26.6. The van der Waals surface area contributed by atoms with Gasteiger partial charge in [0.2, 0.25) is 0 Å². The van der Waals surface area contributed by atoms with E-state index in [0.29, 0.717) is 49.4 Å². The van der Waals surface area contributed by atoms with Gasteiger partial charge >= 0.3 is 0 Å². The zero-order valence-corrected chi connectivity index (χ0v) is 21.5. The van der Waals surface area contributed by atoms with Gasteiger partial charge in [0.05, 0.1) is 17.3 Å². The average molecular weight is 538 g/mol. The quantitative estimate of drug-likeness (QED) is 0.534. The van der Waals surface area contributed by atoms with Gasteiger partial charge in [-0.1, -0.05) is 0 Å². The Kier molecular flexibility index (Phi) is 8.34. The molecular weight excluding hydrogens is 508 g/mol. The largest absolute Gasteiger partial charge is 0.484 e. The van der Waals surface area contributed by atoms with Crippen LogP contribution in [0.1, 0.15) is 36.6 Å². The smallest absolute Gasteiger partial charge is 0.276 e. The second kappa shape index (κ2) is 11.3. The number of nitrogens with one attached hydrogen (secondary N) is 1. The molecule has 8 nitrogen and oxygen atoms in total. The SMILES string of the molecule is Cl.Cl.O=c1ccc2ccc(F)c3c2n1C(CN1CCC(NCc2cc4c(nn2)OCCO4)CC1)CC3. The van der Waals surface area contributed by atoms with Crippen molar-refractivity contribution in [3.05, 3.63) is 57.8 Å². The predicted molar refractivity (Wildman–Crippen MR) is 139 cm³/mol. The Balaban J connectivity index is 0.00000152. The van der Waals surface area contributed by atoms with Crippen LogP contribution in [0.15, 0.2) is 35.1 Å². The molecule has 3 aliphatic heterocycles. The third-order valence-electron chi connectivity index (χ3n) is 7.22. The molecule has 0 amide bonds.